The van der Waals surface area contributed by atoms with Crippen LogP contribution in [0.1, 0.15) is 0 Å². The maximum absolute atomic E-state index is 6.70. The molecule has 7 aromatic carbocycles. The molecule has 0 saturated heterocycles. The van der Waals surface area contributed by atoms with Gasteiger partial charge in [-0.25, -0.2) is 9.97 Å². The summed E-state index contributed by atoms with van der Waals surface area (Å²) in [6.07, 6.45) is 0. The van der Waals surface area contributed by atoms with E-state index in [0.717, 1.165) is 61.1 Å². The van der Waals surface area contributed by atoms with Gasteiger partial charge in [0.1, 0.15) is 11.2 Å². The van der Waals surface area contributed by atoms with Crippen molar-refractivity contribution >= 4 is 53.4 Å². The molecule has 3 heterocycles. The summed E-state index contributed by atoms with van der Waals surface area (Å²) in [7, 11) is 0. The zero-order valence-corrected chi connectivity index (χ0v) is 27.7. The molecule has 50 heavy (non-hydrogen) atoms. The van der Waals surface area contributed by atoms with Crippen molar-refractivity contribution in [1.29, 1.82) is 0 Å². The topological polar surface area (TPSA) is 38.9 Å². The highest BCUT2D eigenvalue weighted by molar-refractivity contribution is 7.25. The third-order valence-corrected chi connectivity index (χ3v) is 10.7. The fourth-order valence-corrected chi connectivity index (χ4v) is 8.22. The number of aromatic nitrogens is 2. The van der Waals surface area contributed by atoms with Crippen molar-refractivity contribution in [2.75, 3.05) is 0 Å². The van der Waals surface area contributed by atoms with Crippen molar-refractivity contribution < 1.29 is 4.42 Å². The first-order valence-electron chi connectivity index (χ1n) is 16.7. The number of fused-ring (bicyclic) bond motifs is 6. The SMILES string of the molecule is c1ccc(-c2ccc(-c3cc(-c4ccccc4)nc(-c4ccc(-c5ccc6c(c5)sc5ccccc56)c5oc6ccccc6c45)n3)cc2)cc1. The van der Waals surface area contributed by atoms with Crippen LogP contribution in [0.25, 0.3) is 98.3 Å². The van der Waals surface area contributed by atoms with Gasteiger partial charge in [0.2, 0.25) is 0 Å². The summed E-state index contributed by atoms with van der Waals surface area (Å²) in [6, 6.07) is 59.5. The van der Waals surface area contributed by atoms with Crippen LogP contribution in [0.3, 0.4) is 0 Å². The highest BCUT2D eigenvalue weighted by atomic mass is 32.1. The van der Waals surface area contributed by atoms with Crippen LogP contribution in [0.15, 0.2) is 174 Å². The first-order chi connectivity index (χ1) is 24.8. The Labute approximate surface area is 292 Å². The van der Waals surface area contributed by atoms with Crippen molar-refractivity contribution in [1.82, 2.24) is 9.97 Å². The summed E-state index contributed by atoms with van der Waals surface area (Å²) in [5.74, 6) is 0.663. The lowest BCUT2D eigenvalue weighted by molar-refractivity contribution is 0.670. The van der Waals surface area contributed by atoms with Crippen molar-refractivity contribution in [3.05, 3.63) is 170 Å². The Morgan fingerprint density at radius 3 is 1.74 bits per heavy atom. The van der Waals surface area contributed by atoms with Gasteiger partial charge in [-0.3, -0.25) is 0 Å². The number of rotatable bonds is 5. The van der Waals surface area contributed by atoms with Crippen LogP contribution in [-0.2, 0) is 0 Å². The monoisotopic (exact) mass is 656 g/mol. The van der Waals surface area contributed by atoms with Gasteiger partial charge in [0, 0.05) is 53.2 Å². The van der Waals surface area contributed by atoms with Crippen molar-refractivity contribution in [3.63, 3.8) is 0 Å². The number of hydrogen-bond acceptors (Lipinski definition) is 4. The molecular weight excluding hydrogens is 629 g/mol. The minimum absolute atomic E-state index is 0.663. The molecular formula is C46H28N2OS. The fraction of sp³-hybridized carbons (Fsp3) is 0. The fourth-order valence-electron chi connectivity index (χ4n) is 7.07. The summed E-state index contributed by atoms with van der Waals surface area (Å²) < 4.78 is 9.26. The van der Waals surface area contributed by atoms with Crippen LogP contribution < -0.4 is 0 Å². The molecule has 4 heteroatoms. The minimum atomic E-state index is 0.663. The third-order valence-electron chi connectivity index (χ3n) is 9.54. The highest BCUT2D eigenvalue weighted by Crippen LogP contribution is 2.43. The van der Waals surface area contributed by atoms with Gasteiger partial charge in [-0.05, 0) is 53.1 Å². The molecule has 3 aromatic heterocycles. The average Bonchev–Trinajstić information content (AvgIpc) is 3.77. The second-order valence-electron chi connectivity index (χ2n) is 12.5. The lowest BCUT2D eigenvalue weighted by Gasteiger charge is -2.12. The normalized spacial score (nSPS) is 11.6. The summed E-state index contributed by atoms with van der Waals surface area (Å²) in [5, 5.41) is 4.64. The molecule has 0 aliphatic rings. The highest BCUT2D eigenvalue weighted by Gasteiger charge is 2.20. The van der Waals surface area contributed by atoms with Crippen LogP contribution in [0, 0.1) is 0 Å². The summed E-state index contributed by atoms with van der Waals surface area (Å²) >= 11 is 1.83. The first-order valence-corrected chi connectivity index (χ1v) is 17.6. The van der Waals surface area contributed by atoms with E-state index in [1.807, 2.05) is 35.6 Å². The number of para-hydroxylation sites is 1. The van der Waals surface area contributed by atoms with E-state index in [9.17, 15) is 0 Å². The first kappa shape index (κ1) is 28.6. The molecule has 0 fully saturated rings. The number of nitrogens with zero attached hydrogens (tertiary/aromatic N) is 2. The van der Waals surface area contributed by atoms with Crippen LogP contribution >= 0.6 is 11.3 Å². The third kappa shape index (κ3) is 4.80. The van der Waals surface area contributed by atoms with Crippen molar-refractivity contribution in [3.8, 4) is 56.2 Å². The molecule has 3 nitrogen and oxygen atoms in total. The predicted octanol–water partition coefficient (Wildman–Crippen LogP) is 13.1. The Morgan fingerprint density at radius 1 is 0.400 bits per heavy atom. The molecule has 0 atom stereocenters. The van der Waals surface area contributed by atoms with Crippen molar-refractivity contribution in [2.24, 2.45) is 0 Å². The number of thiophene rings is 1. The summed E-state index contributed by atoms with van der Waals surface area (Å²) in [6.45, 7) is 0. The largest absolute Gasteiger partial charge is 0.455 e. The Morgan fingerprint density at radius 2 is 0.960 bits per heavy atom. The van der Waals surface area contributed by atoms with Crippen LogP contribution in [0.5, 0.6) is 0 Å². The second-order valence-corrected chi connectivity index (χ2v) is 13.6. The van der Waals surface area contributed by atoms with Gasteiger partial charge < -0.3 is 4.42 Å². The van der Waals surface area contributed by atoms with Gasteiger partial charge in [0.15, 0.2) is 5.82 Å². The lowest BCUT2D eigenvalue weighted by atomic mass is 9.97. The number of furan rings is 1. The zero-order valence-electron chi connectivity index (χ0n) is 26.9. The molecule has 0 amide bonds. The molecule has 234 valence electrons. The Kier molecular flexibility index (Phi) is 6.68. The summed E-state index contributed by atoms with van der Waals surface area (Å²) in [5.41, 5.74) is 11.0. The maximum Gasteiger partial charge on any atom is 0.161 e. The maximum atomic E-state index is 6.70. The molecule has 10 rings (SSSR count). The van der Waals surface area contributed by atoms with Gasteiger partial charge in [0.05, 0.1) is 11.4 Å². The average molecular weight is 657 g/mol. The van der Waals surface area contributed by atoms with E-state index in [-0.39, 0.29) is 0 Å². The summed E-state index contributed by atoms with van der Waals surface area (Å²) in [4.78, 5) is 10.5. The van der Waals surface area contributed by atoms with Gasteiger partial charge >= 0.3 is 0 Å². The molecule has 0 unspecified atom stereocenters. The molecule has 0 spiro atoms. The van der Waals surface area contributed by atoms with E-state index in [1.165, 1.54) is 31.3 Å². The Balaban J connectivity index is 1.17. The standard InChI is InChI=1S/C46H28N2OS/c1-3-11-29(12-4-1)30-19-21-32(22-20-30)40-28-39(31-13-5-2-6-14-31)47-46(48-40)38-26-25-34(45-44(38)37-16-7-9-17-41(37)49-45)33-23-24-36-35-15-8-10-18-42(35)50-43(36)27-33/h1-28H. The van der Waals surface area contributed by atoms with Gasteiger partial charge in [-0.2, -0.15) is 0 Å². The van der Waals surface area contributed by atoms with Crippen LogP contribution in [-0.4, -0.2) is 9.97 Å². The zero-order chi connectivity index (χ0) is 33.0. The minimum Gasteiger partial charge on any atom is -0.455 e. The molecule has 10 aromatic rings. The van der Waals surface area contributed by atoms with E-state index in [2.05, 4.69) is 146 Å². The van der Waals surface area contributed by atoms with Crippen LogP contribution in [0.2, 0.25) is 0 Å². The van der Waals surface area contributed by atoms with Crippen molar-refractivity contribution in [2.45, 2.75) is 0 Å². The van der Waals surface area contributed by atoms with E-state index < -0.39 is 0 Å². The Bertz CT molecular complexity index is 2850. The molecule has 0 N–H and O–H groups in total. The van der Waals surface area contributed by atoms with Gasteiger partial charge in [-0.1, -0.05) is 133 Å². The van der Waals surface area contributed by atoms with Gasteiger partial charge in [-0.15, -0.1) is 11.3 Å². The van der Waals surface area contributed by atoms with E-state index in [0.29, 0.717) is 5.82 Å². The molecule has 0 saturated carbocycles. The van der Waals surface area contributed by atoms with Crippen LogP contribution in [0.4, 0.5) is 0 Å². The van der Waals surface area contributed by atoms with E-state index >= 15 is 0 Å². The predicted molar refractivity (Wildman–Crippen MR) is 209 cm³/mol. The molecule has 0 aliphatic carbocycles. The number of benzene rings is 7. The van der Waals surface area contributed by atoms with E-state index in [1.54, 1.807) is 0 Å². The smallest absolute Gasteiger partial charge is 0.161 e. The number of hydrogen-bond donors (Lipinski definition) is 0. The quantitative estimate of drug-likeness (QED) is 0.185. The molecule has 0 aliphatic heterocycles. The lowest BCUT2D eigenvalue weighted by Crippen LogP contribution is -1.97. The molecule has 0 bridgehead atoms. The van der Waals surface area contributed by atoms with E-state index in [4.69, 9.17) is 14.4 Å². The Hall–Kier alpha value is -6.36. The molecule has 0 radical (unpaired) electrons. The van der Waals surface area contributed by atoms with Gasteiger partial charge in [0.25, 0.3) is 0 Å². The second kappa shape index (κ2) is 11.7.